The van der Waals surface area contributed by atoms with Crippen molar-refractivity contribution in [3.05, 3.63) is 102 Å². The van der Waals surface area contributed by atoms with E-state index in [1.54, 1.807) is 17.8 Å². The Labute approximate surface area is 170 Å². The molecule has 3 aromatic carbocycles. The van der Waals surface area contributed by atoms with Gasteiger partial charge in [0.25, 0.3) is 0 Å². The molecule has 0 aliphatic heterocycles. The number of pyridine rings is 1. The summed E-state index contributed by atoms with van der Waals surface area (Å²) in [7, 11) is 0. The standard InChI is InChI=1S/C24H16F3NS/c25-24(26,27)20-13-10-17(11-14-20)8-9-18-4-3-6-21(16-18)29-23-15-12-19-5-1-2-7-22(19)28-23/h1-16H. The molecule has 5 heteroatoms. The minimum atomic E-state index is -4.31. The second-order valence-electron chi connectivity index (χ2n) is 6.47. The van der Waals surface area contributed by atoms with Gasteiger partial charge in [-0.25, -0.2) is 4.98 Å². The molecule has 0 amide bonds. The van der Waals surface area contributed by atoms with Gasteiger partial charge in [-0.2, -0.15) is 13.2 Å². The number of nitrogens with zero attached hydrogens (tertiary/aromatic N) is 1. The molecular formula is C24H16F3NS. The van der Waals surface area contributed by atoms with E-state index in [0.717, 1.165) is 38.5 Å². The van der Waals surface area contributed by atoms with E-state index in [1.165, 1.54) is 12.1 Å². The zero-order valence-electron chi connectivity index (χ0n) is 15.2. The van der Waals surface area contributed by atoms with Crippen molar-refractivity contribution in [3.63, 3.8) is 0 Å². The number of hydrogen-bond acceptors (Lipinski definition) is 2. The predicted octanol–water partition coefficient (Wildman–Crippen LogP) is 7.58. The Morgan fingerprint density at radius 1 is 0.724 bits per heavy atom. The van der Waals surface area contributed by atoms with Gasteiger partial charge in [-0.3, -0.25) is 0 Å². The molecule has 1 aromatic heterocycles. The maximum absolute atomic E-state index is 12.7. The SMILES string of the molecule is FC(F)(F)c1ccc(C=Cc2cccc(Sc3ccc4ccccc4n3)c2)cc1. The maximum atomic E-state index is 12.7. The summed E-state index contributed by atoms with van der Waals surface area (Å²) in [5.74, 6) is 0. The third kappa shape index (κ3) is 4.87. The lowest BCUT2D eigenvalue weighted by atomic mass is 10.1. The maximum Gasteiger partial charge on any atom is 0.416 e. The summed E-state index contributed by atoms with van der Waals surface area (Å²) >= 11 is 1.57. The summed E-state index contributed by atoms with van der Waals surface area (Å²) in [6.45, 7) is 0. The van der Waals surface area contributed by atoms with Gasteiger partial charge in [0.1, 0.15) is 5.03 Å². The number of hydrogen-bond donors (Lipinski definition) is 0. The van der Waals surface area contributed by atoms with Crippen LogP contribution in [0.2, 0.25) is 0 Å². The van der Waals surface area contributed by atoms with Gasteiger partial charge >= 0.3 is 6.18 Å². The molecular weight excluding hydrogens is 391 g/mol. The second-order valence-corrected chi connectivity index (χ2v) is 7.56. The van der Waals surface area contributed by atoms with E-state index in [4.69, 9.17) is 0 Å². The second kappa shape index (κ2) is 8.13. The molecule has 1 nitrogen and oxygen atoms in total. The number of para-hydroxylation sites is 1. The first-order valence-electron chi connectivity index (χ1n) is 8.96. The Hall–Kier alpha value is -3.05. The van der Waals surface area contributed by atoms with Crippen molar-refractivity contribution in [2.75, 3.05) is 0 Å². The van der Waals surface area contributed by atoms with Crippen LogP contribution in [0.25, 0.3) is 23.1 Å². The highest BCUT2D eigenvalue weighted by molar-refractivity contribution is 7.99. The topological polar surface area (TPSA) is 12.9 Å². The summed E-state index contributed by atoms with van der Waals surface area (Å²) in [6.07, 6.45) is -0.622. The van der Waals surface area contributed by atoms with E-state index in [-0.39, 0.29) is 0 Å². The first-order chi connectivity index (χ1) is 14.0. The molecule has 29 heavy (non-hydrogen) atoms. The molecule has 0 atom stereocenters. The molecule has 0 fully saturated rings. The van der Waals surface area contributed by atoms with Crippen LogP contribution < -0.4 is 0 Å². The van der Waals surface area contributed by atoms with Gasteiger partial charge in [-0.15, -0.1) is 0 Å². The highest BCUT2D eigenvalue weighted by Crippen LogP contribution is 2.30. The summed E-state index contributed by atoms with van der Waals surface area (Å²) in [6, 6.07) is 25.1. The summed E-state index contributed by atoms with van der Waals surface area (Å²) < 4.78 is 38.0. The van der Waals surface area contributed by atoms with Crippen molar-refractivity contribution < 1.29 is 13.2 Å². The van der Waals surface area contributed by atoms with Gasteiger partial charge < -0.3 is 0 Å². The lowest BCUT2D eigenvalue weighted by Gasteiger charge is -2.06. The third-order valence-corrected chi connectivity index (χ3v) is 5.29. The molecule has 0 radical (unpaired) electrons. The van der Waals surface area contributed by atoms with Gasteiger partial charge in [0.05, 0.1) is 11.1 Å². The third-order valence-electron chi connectivity index (χ3n) is 4.36. The molecule has 4 rings (SSSR count). The van der Waals surface area contributed by atoms with E-state index >= 15 is 0 Å². The molecule has 0 N–H and O–H groups in total. The van der Waals surface area contributed by atoms with Gasteiger partial charge in [0, 0.05) is 10.3 Å². The Morgan fingerprint density at radius 2 is 1.48 bits per heavy atom. The van der Waals surface area contributed by atoms with Crippen molar-refractivity contribution in [2.45, 2.75) is 16.1 Å². The number of alkyl halides is 3. The summed E-state index contributed by atoms with van der Waals surface area (Å²) in [4.78, 5) is 5.72. The van der Waals surface area contributed by atoms with Crippen LogP contribution in [0.4, 0.5) is 13.2 Å². The normalized spacial score (nSPS) is 12.0. The summed E-state index contributed by atoms with van der Waals surface area (Å²) in [5, 5.41) is 2.01. The molecule has 0 spiro atoms. The van der Waals surface area contributed by atoms with Gasteiger partial charge in [-0.05, 0) is 47.5 Å². The van der Waals surface area contributed by atoms with Crippen LogP contribution in [0.5, 0.6) is 0 Å². The highest BCUT2D eigenvalue weighted by Gasteiger charge is 2.29. The Balaban J connectivity index is 1.50. The van der Waals surface area contributed by atoms with Gasteiger partial charge in [0.2, 0.25) is 0 Å². The quantitative estimate of drug-likeness (QED) is 0.324. The van der Waals surface area contributed by atoms with Crippen molar-refractivity contribution in [1.82, 2.24) is 4.98 Å². The zero-order chi connectivity index (χ0) is 20.3. The van der Waals surface area contributed by atoms with Crippen LogP contribution in [-0.4, -0.2) is 4.98 Å². The summed E-state index contributed by atoms with van der Waals surface area (Å²) in [5.41, 5.74) is 2.00. The monoisotopic (exact) mass is 407 g/mol. The number of aromatic nitrogens is 1. The van der Waals surface area contributed by atoms with Crippen LogP contribution in [-0.2, 0) is 6.18 Å². The van der Waals surface area contributed by atoms with E-state index in [1.807, 2.05) is 60.7 Å². The van der Waals surface area contributed by atoms with E-state index in [2.05, 4.69) is 11.1 Å². The van der Waals surface area contributed by atoms with Crippen molar-refractivity contribution in [3.8, 4) is 0 Å². The first-order valence-corrected chi connectivity index (χ1v) is 9.78. The molecule has 4 aromatic rings. The van der Waals surface area contributed by atoms with E-state index in [0.29, 0.717) is 5.56 Å². The molecule has 0 saturated heterocycles. The van der Waals surface area contributed by atoms with Gasteiger partial charge in [-0.1, -0.05) is 72.4 Å². The number of halogens is 3. The van der Waals surface area contributed by atoms with Crippen LogP contribution in [0.3, 0.4) is 0 Å². The molecule has 1 heterocycles. The molecule has 0 bridgehead atoms. The number of fused-ring (bicyclic) bond motifs is 1. The smallest absolute Gasteiger partial charge is 0.241 e. The largest absolute Gasteiger partial charge is 0.416 e. The van der Waals surface area contributed by atoms with Gasteiger partial charge in [0.15, 0.2) is 0 Å². The lowest BCUT2D eigenvalue weighted by molar-refractivity contribution is -0.137. The average Bonchev–Trinajstić information content (AvgIpc) is 2.72. The molecule has 0 unspecified atom stereocenters. The van der Waals surface area contributed by atoms with E-state index in [9.17, 15) is 13.2 Å². The fourth-order valence-electron chi connectivity index (χ4n) is 2.88. The number of benzene rings is 3. The Kier molecular flexibility index (Phi) is 5.41. The zero-order valence-corrected chi connectivity index (χ0v) is 16.0. The van der Waals surface area contributed by atoms with Crippen LogP contribution >= 0.6 is 11.8 Å². The van der Waals surface area contributed by atoms with E-state index < -0.39 is 11.7 Å². The predicted molar refractivity (Wildman–Crippen MR) is 113 cm³/mol. The lowest BCUT2D eigenvalue weighted by Crippen LogP contribution is -2.03. The Morgan fingerprint density at radius 3 is 2.28 bits per heavy atom. The van der Waals surface area contributed by atoms with Crippen LogP contribution in [0.15, 0.2) is 94.9 Å². The van der Waals surface area contributed by atoms with Crippen LogP contribution in [0.1, 0.15) is 16.7 Å². The minimum Gasteiger partial charge on any atom is -0.241 e. The molecule has 144 valence electrons. The molecule has 0 aliphatic rings. The Bertz CT molecular complexity index is 1160. The molecule has 0 aliphatic carbocycles. The van der Waals surface area contributed by atoms with Crippen molar-refractivity contribution in [1.29, 1.82) is 0 Å². The average molecular weight is 407 g/mol. The highest BCUT2D eigenvalue weighted by atomic mass is 32.2. The fraction of sp³-hybridized carbons (Fsp3) is 0.0417. The molecule has 0 saturated carbocycles. The van der Waals surface area contributed by atoms with Crippen LogP contribution in [0, 0.1) is 0 Å². The van der Waals surface area contributed by atoms with Crippen molar-refractivity contribution in [2.24, 2.45) is 0 Å². The number of rotatable bonds is 4. The fourth-order valence-corrected chi connectivity index (χ4v) is 3.75. The first kappa shape index (κ1) is 19.3. The van der Waals surface area contributed by atoms with Crippen molar-refractivity contribution >= 4 is 34.8 Å². The minimum absolute atomic E-state index is 0.643.